The molecule has 0 aliphatic carbocycles. The summed E-state index contributed by atoms with van der Waals surface area (Å²) in [5.74, 6) is 5.00. The molecular weight excluding hydrogens is 923 g/mol. The quantitative estimate of drug-likeness (QED) is 0.154. The van der Waals surface area contributed by atoms with E-state index >= 15 is 0 Å². The van der Waals surface area contributed by atoms with Gasteiger partial charge in [0.15, 0.2) is 0 Å². The van der Waals surface area contributed by atoms with Crippen LogP contribution in [0.4, 0.5) is 0 Å². The van der Waals surface area contributed by atoms with Gasteiger partial charge in [0.25, 0.3) is 11.8 Å². The van der Waals surface area contributed by atoms with Crippen molar-refractivity contribution in [3.8, 4) is 23.0 Å². The molecule has 8 aliphatic heterocycles. The Morgan fingerprint density at radius 2 is 0.932 bits per heavy atom. The first-order chi connectivity index (χ1) is 36.3. The molecule has 74 heavy (non-hydrogen) atoms. The van der Waals surface area contributed by atoms with E-state index in [2.05, 4.69) is 106 Å². The van der Waals surface area contributed by atoms with Crippen LogP contribution in [0.25, 0.3) is 0 Å². The van der Waals surface area contributed by atoms with E-state index in [1.807, 2.05) is 48.7 Å². The molecule has 0 radical (unpaired) electrons. The van der Waals surface area contributed by atoms with Crippen molar-refractivity contribution >= 4 is 11.8 Å². The highest BCUT2D eigenvalue weighted by atomic mass is 16.5. The van der Waals surface area contributed by atoms with E-state index in [-0.39, 0.29) is 23.7 Å². The summed E-state index contributed by atoms with van der Waals surface area (Å²) >= 11 is 0. The smallest absolute Gasteiger partial charge is 0.254 e. The number of amides is 2. The van der Waals surface area contributed by atoms with E-state index in [4.69, 9.17) is 9.47 Å². The number of pyridine rings is 1. The van der Waals surface area contributed by atoms with E-state index in [1.54, 1.807) is 9.80 Å². The third-order valence-corrected chi connectivity index (χ3v) is 18.1. The van der Waals surface area contributed by atoms with Crippen molar-refractivity contribution in [1.29, 1.82) is 0 Å². The van der Waals surface area contributed by atoms with Gasteiger partial charge in [-0.25, -0.2) is 0 Å². The molecule has 0 spiro atoms. The number of benzene rings is 5. The summed E-state index contributed by atoms with van der Waals surface area (Å²) in [4.78, 5) is 39.8. The lowest BCUT2D eigenvalue weighted by Crippen LogP contribution is -2.44. The number of β-amino-alcohol motifs (C(OH)–C–C–N with tert-alkyl or cyclic N) is 2. The second-order valence-electron chi connectivity index (χ2n) is 22.5. The topological polar surface area (TPSA) is 119 Å². The Kier molecular flexibility index (Phi) is 12.8. The molecule has 2 N–H and O–H groups in total. The number of aliphatic hydroxyl groups excluding tert-OH is 2. The number of aliphatic hydroxyl groups is 2. The first-order valence-corrected chi connectivity index (χ1v) is 27.5. The van der Waals surface area contributed by atoms with Crippen molar-refractivity contribution in [2.75, 3.05) is 26.2 Å². The zero-order valence-electron chi connectivity index (χ0n) is 42.1. The SMILES string of the molecule is O=C(c1ccc2c(c1)Oc1ccccc1C2C1CC2CCC(C1)N2Cc1ccccc1)N1CCC(O)C1.O=C(c1ccc2c(c1)Oc1ccccc1C2C1CC2CCC(C1)N2Cc1ccccn1)N1CCC(O)C1. The molecule has 2 amide bonds. The van der Waals surface area contributed by atoms with Gasteiger partial charge in [-0.15, -0.1) is 0 Å². The number of aromatic nitrogens is 1. The molecule has 9 heterocycles. The summed E-state index contributed by atoms with van der Waals surface area (Å²) in [5, 5.41) is 19.8. The predicted octanol–water partition coefficient (Wildman–Crippen LogP) is 10.5. The molecular formula is C63H67N5O6. The first-order valence-electron chi connectivity index (χ1n) is 27.5. The summed E-state index contributed by atoms with van der Waals surface area (Å²) < 4.78 is 12.8. The number of likely N-dealkylation sites (tertiary alicyclic amines) is 2. The van der Waals surface area contributed by atoms with Crippen LogP contribution < -0.4 is 9.47 Å². The Hall–Kier alpha value is -6.37. The van der Waals surface area contributed by atoms with Gasteiger partial charge in [-0.3, -0.25) is 24.4 Å². The van der Waals surface area contributed by atoms with Crippen LogP contribution in [-0.2, 0) is 13.1 Å². The maximum absolute atomic E-state index is 13.1. The van der Waals surface area contributed by atoms with E-state index in [0.717, 1.165) is 54.6 Å². The highest BCUT2D eigenvalue weighted by Gasteiger charge is 2.47. The Balaban J connectivity index is 0.000000143. The monoisotopic (exact) mass is 990 g/mol. The Labute approximate surface area is 434 Å². The van der Waals surface area contributed by atoms with Crippen LogP contribution in [-0.4, -0.2) is 109 Å². The summed E-state index contributed by atoms with van der Waals surface area (Å²) in [6.45, 7) is 3.99. The van der Waals surface area contributed by atoms with Crippen LogP contribution in [0, 0.1) is 11.8 Å². The number of ether oxygens (including phenoxy) is 2. The fraction of sp³-hybridized carbons (Fsp3) is 0.413. The number of fused-ring (bicyclic) bond motifs is 8. The first kappa shape index (κ1) is 47.4. The molecule has 8 aliphatic rings. The molecule has 5 aromatic carbocycles. The summed E-state index contributed by atoms with van der Waals surface area (Å²) in [5.41, 5.74) is 8.78. The molecule has 11 nitrogen and oxygen atoms in total. The van der Waals surface area contributed by atoms with Gasteiger partial charge in [0.2, 0.25) is 0 Å². The van der Waals surface area contributed by atoms with Crippen molar-refractivity contribution < 1.29 is 29.3 Å². The second kappa shape index (κ2) is 20.1. The fourth-order valence-corrected chi connectivity index (χ4v) is 14.7. The van der Waals surface area contributed by atoms with Gasteiger partial charge >= 0.3 is 0 Å². The van der Waals surface area contributed by atoms with Gasteiger partial charge < -0.3 is 29.5 Å². The molecule has 11 heteroatoms. The number of para-hydroxylation sites is 2. The Bertz CT molecular complexity index is 2800. The Morgan fingerprint density at radius 1 is 0.486 bits per heavy atom. The molecule has 14 rings (SSSR count). The second-order valence-corrected chi connectivity index (χ2v) is 22.5. The maximum Gasteiger partial charge on any atom is 0.254 e. The van der Waals surface area contributed by atoms with Crippen molar-refractivity contribution in [1.82, 2.24) is 24.6 Å². The van der Waals surface area contributed by atoms with Gasteiger partial charge in [0, 0.05) is 115 Å². The zero-order valence-corrected chi connectivity index (χ0v) is 42.1. The van der Waals surface area contributed by atoms with E-state index in [9.17, 15) is 19.8 Å². The minimum absolute atomic E-state index is 0.0226. The number of piperidine rings is 2. The molecule has 1 aromatic heterocycles. The summed E-state index contributed by atoms with van der Waals surface area (Å²) in [7, 11) is 0. The highest BCUT2D eigenvalue weighted by molar-refractivity contribution is 5.96. The molecule has 380 valence electrons. The van der Waals surface area contributed by atoms with E-state index < -0.39 is 12.2 Å². The van der Waals surface area contributed by atoms with Crippen LogP contribution in [0.15, 0.2) is 140 Å². The average molecular weight is 990 g/mol. The van der Waals surface area contributed by atoms with Gasteiger partial charge in [0.05, 0.1) is 17.9 Å². The van der Waals surface area contributed by atoms with Gasteiger partial charge in [-0.1, -0.05) is 84.9 Å². The lowest BCUT2D eigenvalue weighted by atomic mass is 9.72. The van der Waals surface area contributed by atoms with Crippen LogP contribution in [0.3, 0.4) is 0 Å². The standard InChI is InChI=1S/C32H34N2O3.C31H33N3O3/c35-26-14-15-33(20-26)32(36)22-10-13-28-30(18-22)37-29-9-5-4-8-27(29)31(28)23-16-24-11-12-25(17-23)34(24)19-21-6-2-1-3-7-21;35-25-12-14-33(19-25)31(36)20-8-11-27-29(17-20)37-28-7-2-1-6-26(28)30(27)21-15-23-9-10-24(16-21)34(23)18-22-5-3-4-13-32-22/h1-10,13,18,23-26,31,35H,11-12,14-17,19-20H2;1-8,11,13,17,21,23-25,30,35H,9-10,12,14-16,18-19H2. The molecule has 6 fully saturated rings. The molecule has 8 atom stereocenters. The Morgan fingerprint density at radius 3 is 1.39 bits per heavy atom. The number of carbonyl (C=O) groups is 2. The van der Waals surface area contributed by atoms with Gasteiger partial charge in [-0.05, 0) is 130 Å². The zero-order chi connectivity index (χ0) is 49.9. The van der Waals surface area contributed by atoms with Crippen LogP contribution in [0.5, 0.6) is 23.0 Å². The van der Waals surface area contributed by atoms with Gasteiger partial charge in [-0.2, -0.15) is 0 Å². The number of hydrogen-bond acceptors (Lipinski definition) is 9. The summed E-state index contributed by atoms with van der Waals surface area (Å²) in [6.07, 6.45) is 12.1. The molecule has 6 aromatic rings. The molecule has 8 unspecified atom stereocenters. The number of carbonyl (C=O) groups excluding carboxylic acids is 2. The lowest BCUT2D eigenvalue weighted by molar-refractivity contribution is 0.0758. The predicted molar refractivity (Wildman–Crippen MR) is 283 cm³/mol. The van der Waals surface area contributed by atoms with Crippen molar-refractivity contribution in [2.24, 2.45) is 11.8 Å². The summed E-state index contributed by atoms with van der Waals surface area (Å²) in [6, 6.07) is 48.4. The molecule has 0 saturated carbocycles. The fourth-order valence-electron chi connectivity index (χ4n) is 14.7. The average Bonchev–Trinajstić information content (AvgIpc) is 4.18. The minimum Gasteiger partial charge on any atom is -0.457 e. The van der Waals surface area contributed by atoms with Crippen molar-refractivity contribution in [2.45, 2.75) is 126 Å². The number of hydrogen-bond donors (Lipinski definition) is 2. The molecule has 6 saturated heterocycles. The van der Waals surface area contributed by atoms with Gasteiger partial charge in [0.1, 0.15) is 23.0 Å². The van der Waals surface area contributed by atoms with Crippen LogP contribution in [0.1, 0.15) is 130 Å². The third-order valence-electron chi connectivity index (χ3n) is 18.1. The lowest BCUT2D eigenvalue weighted by Gasteiger charge is -2.43. The van der Waals surface area contributed by atoms with Crippen molar-refractivity contribution in [3.05, 3.63) is 184 Å². The number of rotatable bonds is 8. The molecule has 4 bridgehead atoms. The van der Waals surface area contributed by atoms with E-state index in [1.165, 1.54) is 66.3 Å². The van der Waals surface area contributed by atoms with Crippen molar-refractivity contribution in [3.63, 3.8) is 0 Å². The van der Waals surface area contributed by atoms with Crippen LogP contribution in [0.2, 0.25) is 0 Å². The third kappa shape index (κ3) is 9.09. The highest BCUT2D eigenvalue weighted by Crippen LogP contribution is 2.55. The number of nitrogens with zero attached hydrogens (tertiary/aromatic N) is 5. The van der Waals surface area contributed by atoms with Crippen LogP contribution >= 0.6 is 0 Å². The minimum atomic E-state index is -0.423. The largest absolute Gasteiger partial charge is 0.457 e. The maximum atomic E-state index is 13.1. The van der Waals surface area contributed by atoms with E-state index in [0.29, 0.717) is 86.2 Å². The normalized spacial score (nSPS) is 28.5.